The average Bonchev–Trinajstić information content (AvgIpc) is 2.27. The summed E-state index contributed by atoms with van der Waals surface area (Å²) in [5, 5.41) is 0. The van der Waals surface area contributed by atoms with Gasteiger partial charge >= 0.3 is 0 Å². The van der Waals surface area contributed by atoms with Crippen LogP contribution in [0.15, 0.2) is 24.3 Å². The van der Waals surface area contributed by atoms with Gasteiger partial charge in [-0.15, -0.1) is 0 Å². The van der Waals surface area contributed by atoms with Gasteiger partial charge in [-0.05, 0) is 31.2 Å². The first-order chi connectivity index (χ1) is 7.06. The van der Waals surface area contributed by atoms with Crippen molar-refractivity contribution in [3.05, 3.63) is 35.6 Å². The maximum atomic E-state index is 12.6. The third kappa shape index (κ3) is 2.72. The normalized spacial score (nSPS) is 12.2. The van der Waals surface area contributed by atoms with Gasteiger partial charge in [-0.1, -0.05) is 6.92 Å². The molecule has 0 aliphatic heterocycles. The van der Waals surface area contributed by atoms with Crippen molar-refractivity contribution in [1.82, 2.24) is 0 Å². The highest BCUT2D eigenvalue weighted by molar-refractivity contribution is 6.10. The highest BCUT2D eigenvalue weighted by atomic mass is 19.1. The number of benzene rings is 1. The lowest BCUT2D eigenvalue weighted by Crippen LogP contribution is -2.20. The first kappa shape index (κ1) is 11.6. The maximum Gasteiger partial charge on any atom is 0.173 e. The number of ketones is 2. The van der Waals surface area contributed by atoms with Crippen LogP contribution in [0.5, 0.6) is 0 Å². The van der Waals surface area contributed by atoms with Crippen LogP contribution >= 0.6 is 0 Å². The van der Waals surface area contributed by atoms with E-state index in [9.17, 15) is 14.0 Å². The number of rotatable bonds is 4. The standard InChI is InChI=1S/C12H13FO2/c1-3-11(14)8(2)12(15)9-4-6-10(13)7-5-9/h4-8H,3H2,1-2H3. The van der Waals surface area contributed by atoms with Crippen molar-refractivity contribution in [2.75, 3.05) is 0 Å². The second-order valence-corrected chi connectivity index (χ2v) is 3.41. The highest BCUT2D eigenvalue weighted by Gasteiger charge is 2.20. The second-order valence-electron chi connectivity index (χ2n) is 3.41. The molecule has 0 heterocycles. The molecule has 0 radical (unpaired) electrons. The van der Waals surface area contributed by atoms with Gasteiger partial charge in [0.2, 0.25) is 0 Å². The summed E-state index contributed by atoms with van der Waals surface area (Å²) in [6.45, 7) is 3.30. The lowest BCUT2D eigenvalue weighted by molar-refractivity contribution is -0.120. The smallest absolute Gasteiger partial charge is 0.173 e. The summed E-state index contributed by atoms with van der Waals surface area (Å²) in [6, 6.07) is 5.24. The van der Waals surface area contributed by atoms with Gasteiger partial charge in [-0.2, -0.15) is 0 Å². The van der Waals surface area contributed by atoms with Crippen molar-refractivity contribution >= 4 is 11.6 Å². The third-order valence-corrected chi connectivity index (χ3v) is 2.35. The molecule has 1 atom stereocenters. The minimum atomic E-state index is -0.638. The van der Waals surface area contributed by atoms with E-state index in [-0.39, 0.29) is 17.4 Å². The zero-order valence-corrected chi connectivity index (χ0v) is 8.79. The van der Waals surface area contributed by atoms with E-state index in [1.165, 1.54) is 24.3 Å². The van der Waals surface area contributed by atoms with Crippen molar-refractivity contribution in [1.29, 1.82) is 0 Å². The molecular formula is C12H13FO2. The Balaban J connectivity index is 2.85. The summed E-state index contributed by atoms with van der Waals surface area (Å²) in [7, 11) is 0. The zero-order chi connectivity index (χ0) is 11.4. The van der Waals surface area contributed by atoms with Crippen LogP contribution in [0.1, 0.15) is 30.6 Å². The van der Waals surface area contributed by atoms with Crippen LogP contribution in [0.25, 0.3) is 0 Å². The van der Waals surface area contributed by atoms with Crippen LogP contribution in [-0.2, 0) is 4.79 Å². The topological polar surface area (TPSA) is 34.1 Å². The number of hydrogen-bond donors (Lipinski definition) is 0. The first-order valence-electron chi connectivity index (χ1n) is 4.88. The van der Waals surface area contributed by atoms with Crippen LogP contribution in [-0.4, -0.2) is 11.6 Å². The molecule has 0 amide bonds. The lowest BCUT2D eigenvalue weighted by Gasteiger charge is -2.07. The van der Waals surface area contributed by atoms with Gasteiger partial charge in [-0.3, -0.25) is 9.59 Å². The van der Waals surface area contributed by atoms with E-state index in [0.29, 0.717) is 12.0 Å². The number of halogens is 1. The Morgan fingerprint density at radius 2 is 1.80 bits per heavy atom. The highest BCUT2D eigenvalue weighted by Crippen LogP contribution is 2.11. The summed E-state index contributed by atoms with van der Waals surface area (Å²) in [5.41, 5.74) is 0.380. The molecule has 15 heavy (non-hydrogen) atoms. The van der Waals surface area contributed by atoms with E-state index in [0.717, 1.165) is 0 Å². The molecule has 1 aromatic carbocycles. The van der Waals surface area contributed by atoms with Gasteiger partial charge in [0.25, 0.3) is 0 Å². The fraction of sp³-hybridized carbons (Fsp3) is 0.333. The lowest BCUT2D eigenvalue weighted by atomic mass is 9.94. The Bertz CT molecular complexity index is 368. The van der Waals surface area contributed by atoms with Crippen LogP contribution in [0.2, 0.25) is 0 Å². The SMILES string of the molecule is CCC(=O)C(C)C(=O)c1ccc(F)cc1. The largest absolute Gasteiger partial charge is 0.299 e. The summed E-state index contributed by atoms with van der Waals surface area (Å²) in [6.07, 6.45) is 0.341. The van der Waals surface area contributed by atoms with Crippen molar-refractivity contribution in [3.63, 3.8) is 0 Å². The Hall–Kier alpha value is -1.51. The van der Waals surface area contributed by atoms with Crippen molar-refractivity contribution in [2.45, 2.75) is 20.3 Å². The van der Waals surface area contributed by atoms with Gasteiger partial charge in [0.15, 0.2) is 5.78 Å². The minimum absolute atomic E-state index is 0.0932. The molecule has 0 bridgehead atoms. The van der Waals surface area contributed by atoms with E-state index in [1.807, 2.05) is 0 Å². The zero-order valence-electron chi connectivity index (χ0n) is 8.79. The number of carbonyl (C=O) groups is 2. The summed E-state index contributed by atoms with van der Waals surface area (Å²) < 4.78 is 12.6. The quantitative estimate of drug-likeness (QED) is 0.563. The summed E-state index contributed by atoms with van der Waals surface area (Å²) in [4.78, 5) is 23.0. The molecule has 1 aromatic rings. The van der Waals surface area contributed by atoms with Crippen LogP contribution in [0.3, 0.4) is 0 Å². The van der Waals surface area contributed by atoms with E-state index in [2.05, 4.69) is 0 Å². The van der Waals surface area contributed by atoms with E-state index < -0.39 is 5.92 Å². The van der Waals surface area contributed by atoms with Crippen LogP contribution in [0.4, 0.5) is 4.39 Å². The molecule has 0 aromatic heterocycles. The Morgan fingerprint density at radius 3 is 2.27 bits per heavy atom. The molecule has 0 spiro atoms. The molecule has 0 saturated carbocycles. The first-order valence-corrected chi connectivity index (χ1v) is 4.88. The van der Waals surface area contributed by atoms with Crippen LogP contribution < -0.4 is 0 Å². The van der Waals surface area contributed by atoms with Gasteiger partial charge in [0, 0.05) is 12.0 Å². The Kier molecular flexibility index (Phi) is 3.72. The average molecular weight is 208 g/mol. The van der Waals surface area contributed by atoms with Crippen LogP contribution in [0, 0.1) is 11.7 Å². The number of Topliss-reactive ketones (excluding diaryl/α,β-unsaturated/α-hetero) is 2. The van der Waals surface area contributed by atoms with E-state index >= 15 is 0 Å². The molecule has 0 fully saturated rings. The van der Waals surface area contributed by atoms with Gasteiger partial charge in [0.1, 0.15) is 11.6 Å². The molecule has 2 nitrogen and oxygen atoms in total. The molecular weight excluding hydrogens is 195 g/mol. The molecule has 0 aliphatic carbocycles. The molecule has 0 N–H and O–H groups in total. The molecule has 1 rings (SSSR count). The molecule has 80 valence electrons. The Morgan fingerprint density at radius 1 is 1.27 bits per heavy atom. The van der Waals surface area contributed by atoms with E-state index in [1.54, 1.807) is 13.8 Å². The third-order valence-electron chi connectivity index (χ3n) is 2.35. The summed E-state index contributed by atoms with van der Waals surface area (Å²) in [5.74, 6) is -1.37. The molecule has 1 unspecified atom stereocenters. The van der Waals surface area contributed by atoms with Gasteiger partial charge in [0.05, 0.1) is 5.92 Å². The molecule has 0 saturated heterocycles. The van der Waals surface area contributed by atoms with Gasteiger partial charge in [-0.25, -0.2) is 4.39 Å². The Labute approximate surface area is 88.1 Å². The number of hydrogen-bond acceptors (Lipinski definition) is 2. The van der Waals surface area contributed by atoms with E-state index in [4.69, 9.17) is 0 Å². The predicted octanol–water partition coefficient (Wildman–Crippen LogP) is 2.62. The fourth-order valence-electron chi connectivity index (χ4n) is 1.32. The minimum Gasteiger partial charge on any atom is -0.299 e. The molecule has 3 heteroatoms. The second kappa shape index (κ2) is 4.82. The number of carbonyl (C=O) groups excluding carboxylic acids is 2. The maximum absolute atomic E-state index is 12.6. The summed E-state index contributed by atoms with van der Waals surface area (Å²) >= 11 is 0. The van der Waals surface area contributed by atoms with Crippen molar-refractivity contribution in [3.8, 4) is 0 Å². The predicted molar refractivity (Wildman–Crippen MR) is 55.2 cm³/mol. The molecule has 0 aliphatic rings. The van der Waals surface area contributed by atoms with Crippen molar-refractivity contribution in [2.24, 2.45) is 5.92 Å². The van der Waals surface area contributed by atoms with Gasteiger partial charge < -0.3 is 0 Å². The van der Waals surface area contributed by atoms with Crippen molar-refractivity contribution < 1.29 is 14.0 Å². The fourth-order valence-corrected chi connectivity index (χ4v) is 1.32. The monoisotopic (exact) mass is 208 g/mol.